The molecule has 1 saturated heterocycles. The van der Waals surface area contributed by atoms with E-state index in [9.17, 15) is 19.4 Å². The lowest BCUT2D eigenvalue weighted by Crippen LogP contribution is -2.34. The van der Waals surface area contributed by atoms with E-state index in [1.54, 1.807) is 12.1 Å². The Morgan fingerprint density at radius 2 is 1.81 bits per heavy atom. The second-order valence-corrected chi connectivity index (χ2v) is 7.97. The molecule has 0 bridgehead atoms. The number of aromatic nitrogens is 1. The maximum absolute atomic E-state index is 13.1. The molecule has 1 aromatic carbocycles. The Bertz CT molecular complexity index is 808. The quantitative estimate of drug-likeness (QED) is 0.791. The number of carbonyl (C=O) groups is 1. The number of hydrogen-bond acceptors (Lipinski definition) is 5. The van der Waals surface area contributed by atoms with Gasteiger partial charge in [-0.25, -0.2) is 9.37 Å². The number of likely N-dealkylation sites (tertiary alicyclic amines) is 1. The molecule has 1 aliphatic carbocycles. The van der Waals surface area contributed by atoms with Gasteiger partial charge in [0.15, 0.2) is 5.78 Å². The molecule has 1 aromatic heterocycles. The summed E-state index contributed by atoms with van der Waals surface area (Å²) in [5.74, 6) is 0.462. The van der Waals surface area contributed by atoms with Crippen LogP contribution in [0.4, 0.5) is 4.39 Å². The summed E-state index contributed by atoms with van der Waals surface area (Å²) < 4.78 is 13.1. The number of hydrogen-bond donors (Lipinski definition) is 2. The van der Waals surface area contributed by atoms with Crippen LogP contribution in [-0.2, 0) is 6.42 Å². The molecule has 2 fully saturated rings. The zero-order valence-corrected chi connectivity index (χ0v) is 15.0. The SMILES string of the molecule is O=C(CN1C[C@@H]2C[C@](O)(Cc3ccc(F)cc3)C[C@@H]2C1)c1ccc(O)cn1. The summed E-state index contributed by atoms with van der Waals surface area (Å²) in [5.41, 5.74) is 0.559. The number of benzene rings is 1. The van der Waals surface area contributed by atoms with Gasteiger partial charge in [0, 0.05) is 19.5 Å². The highest BCUT2D eigenvalue weighted by molar-refractivity contribution is 5.95. The van der Waals surface area contributed by atoms with Gasteiger partial charge in [0.1, 0.15) is 17.3 Å². The van der Waals surface area contributed by atoms with Crippen molar-refractivity contribution in [3.63, 3.8) is 0 Å². The number of carbonyl (C=O) groups excluding carboxylic acids is 1. The van der Waals surface area contributed by atoms with Crippen molar-refractivity contribution < 1.29 is 19.4 Å². The fourth-order valence-electron chi connectivity index (χ4n) is 4.65. The Morgan fingerprint density at radius 1 is 1.15 bits per heavy atom. The Balaban J connectivity index is 1.33. The van der Waals surface area contributed by atoms with E-state index >= 15 is 0 Å². The molecule has 2 N–H and O–H groups in total. The number of Topliss-reactive ketones (excluding diaryl/α,β-unsaturated/α-hetero) is 1. The Morgan fingerprint density at radius 3 is 2.41 bits per heavy atom. The molecule has 27 heavy (non-hydrogen) atoms. The maximum Gasteiger partial charge on any atom is 0.195 e. The van der Waals surface area contributed by atoms with E-state index in [1.165, 1.54) is 30.5 Å². The number of nitrogens with zero attached hydrogens (tertiary/aromatic N) is 2. The zero-order valence-electron chi connectivity index (χ0n) is 15.0. The molecule has 3 atom stereocenters. The molecule has 0 radical (unpaired) electrons. The van der Waals surface area contributed by atoms with Crippen LogP contribution in [0.2, 0.25) is 0 Å². The molecule has 2 aliphatic rings. The Hall–Kier alpha value is -2.31. The summed E-state index contributed by atoms with van der Waals surface area (Å²) in [6.45, 7) is 1.89. The molecular formula is C21H23FN2O3. The van der Waals surface area contributed by atoms with E-state index in [0.717, 1.165) is 18.7 Å². The van der Waals surface area contributed by atoms with Crippen LogP contribution >= 0.6 is 0 Å². The molecule has 6 heteroatoms. The molecule has 1 saturated carbocycles. The first kappa shape index (κ1) is 18.1. The minimum Gasteiger partial charge on any atom is -0.506 e. The van der Waals surface area contributed by atoms with Gasteiger partial charge in [0.25, 0.3) is 0 Å². The van der Waals surface area contributed by atoms with Crippen LogP contribution in [0.3, 0.4) is 0 Å². The minimum absolute atomic E-state index is 0.0442. The first-order valence-electron chi connectivity index (χ1n) is 9.28. The van der Waals surface area contributed by atoms with Crippen molar-refractivity contribution in [1.82, 2.24) is 9.88 Å². The van der Waals surface area contributed by atoms with Crippen LogP contribution in [0.5, 0.6) is 5.75 Å². The topological polar surface area (TPSA) is 73.7 Å². The average molecular weight is 370 g/mol. The molecule has 4 rings (SSSR count). The molecular weight excluding hydrogens is 347 g/mol. The van der Waals surface area contributed by atoms with E-state index in [-0.39, 0.29) is 17.3 Å². The fourth-order valence-corrected chi connectivity index (χ4v) is 4.65. The smallest absolute Gasteiger partial charge is 0.195 e. The van der Waals surface area contributed by atoms with Gasteiger partial charge in [0.2, 0.25) is 0 Å². The largest absolute Gasteiger partial charge is 0.506 e. The molecule has 1 aliphatic heterocycles. The van der Waals surface area contributed by atoms with Gasteiger partial charge in [0.05, 0.1) is 18.3 Å². The van der Waals surface area contributed by atoms with E-state index in [0.29, 0.717) is 43.3 Å². The summed E-state index contributed by atoms with van der Waals surface area (Å²) in [5, 5.41) is 20.3. The molecule has 2 heterocycles. The van der Waals surface area contributed by atoms with E-state index < -0.39 is 5.60 Å². The Kier molecular flexibility index (Phi) is 4.70. The molecule has 0 amide bonds. The standard InChI is InChI=1S/C21H23FN2O3/c22-17-3-1-14(2-4-17)7-21(27)8-15-11-24(12-16(15)9-21)13-20(26)19-6-5-18(25)10-23-19/h1-6,10,15-16,25,27H,7-9,11-13H2/t15-,16+,21+. The van der Waals surface area contributed by atoms with E-state index in [2.05, 4.69) is 9.88 Å². The van der Waals surface area contributed by atoms with Crippen molar-refractivity contribution in [2.45, 2.75) is 24.9 Å². The normalized spacial score (nSPS) is 27.6. The molecule has 5 nitrogen and oxygen atoms in total. The fraction of sp³-hybridized carbons (Fsp3) is 0.429. The van der Waals surface area contributed by atoms with Gasteiger partial charge >= 0.3 is 0 Å². The van der Waals surface area contributed by atoms with Gasteiger partial charge in [-0.15, -0.1) is 0 Å². The van der Waals surface area contributed by atoms with Gasteiger partial charge in [-0.2, -0.15) is 0 Å². The van der Waals surface area contributed by atoms with E-state index in [4.69, 9.17) is 0 Å². The monoisotopic (exact) mass is 370 g/mol. The van der Waals surface area contributed by atoms with Crippen LogP contribution < -0.4 is 0 Å². The summed E-state index contributed by atoms with van der Waals surface area (Å²) in [6.07, 6.45) is 3.23. The highest BCUT2D eigenvalue weighted by Crippen LogP contribution is 2.45. The number of aliphatic hydroxyl groups is 1. The number of fused-ring (bicyclic) bond motifs is 1. The van der Waals surface area contributed by atoms with Gasteiger partial charge in [-0.1, -0.05) is 12.1 Å². The molecule has 0 spiro atoms. The van der Waals surface area contributed by atoms with Crippen LogP contribution in [0.25, 0.3) is 0 Å². The van der Waals surface area contributed by atoms with Crippen LogP contribution in [0.15, 0.2) is 42.6 Å². The van der Waals surface area contributed by atoms with Crippen molar-refractivity contribution >= 4 is 5.78 Å². The number of pyridine rings is 1. The zero-order chi connectivity index (χ0) is 19.0. The second-order valence-electron chi connectivity index (χ2n) is 7.97. The first-order chi connectivity index (χ1) is 12.9. The third-order valence-electron chi connectivity index (χ3n) is 5.78. The number of halogens is 1. The summed E-state index contributed by atoms with van der Waals surface area (Å²) >= 11 is 0. The van der Waals surface area contributed by atoms with Gasteiger partial charge < -0.3 is 10.2 Å². The van der Waals surface area contributed by atoms with Crippen LogP contribution in [0, 0.1) is 17.7 Å². The number of ketones is 1. The summed E-state index contributed by atoms with van der Waals surface area (Å²) in [7, 11) is 0. The van der Waals surface area contributed by atoms with Gasteiger partial charge in [-0.05, 0) is 54.5 Å². The predicted octanol–water partition coefficient (Wildman–Crippen LogP) is 2.42. The van der Waals surface area contributed by atoms with Crippen molar-refractivity contribution in [2.24, 2.45) is 11.8 Å². The number of aromatic hydroxyl groups is 1. The lowest BCUT2D eigenvalue weighted by molar-refractivity contribution is 0.0355. The molecule has 0 unspecified atom stereocenters. The van der Waals surface area contributed by atoms with Crippen molar-refractivity contribution in [2.75, 3.05) is 19.6 Å². The summed E-state index contributed by atoms with van der Waals surface area (Å²) in [6, 6.07) is 9.33. The second kappa shape index (κ2) is 7.02. The highest BCUT2D eigenvalue weighted by atomic mass is 19.1. The van der Waals surface area contributed by atoms with Crippen molar-refractivity contribution in [3.05, 3.63) is 59.7 Å². The van der Waals surface area contributed by atoms with Crippen molar-refractivity contribution in [1.29, 1.82) is 0 Å². The predicted molar refractivity (Wildman–Crippen MR) is 97.9 cm³/mol. The Labute approximate surface area is 157 Å². The third-order valence-corrected chi connectivity index (χ3v) is 5.78. The van der Waals surface area contributed by atoms with Crippen molar-refractivity contribution in [3.8, 4) is 5.75 Å². The van der Waals surface area contributed by atoms with E-state index in [1.807, 2.05) is 0 Å². The van der Waals surface area contributed by atoms with Crippen LogP contribution in [-0.4, -0.2) is 51.1 Å². The van der Waals surface area contributed by atoms with Crippen LogP contribution in [0.1, 0.15) is 28.9 Å². The lowest BCUT2D eigenvalue weighted by Gasteiger charge is -2.26. The number of rotatable bonds is 5. The van der Waals surface area contributed by atoms with Gasteiger partial charge in [-0.3, -0.25) is 9.69 Å². The highest BCUT2D eigenvalue weighted by Gasteiger charge is 2.48. The molecule has 2 aromatic rings. The first-order valence-corrected chi connectivity index (χ1v) is 9.28. The third kappa shape index (κ3) is 4.01. The molecule has 142 valence electrons. The summed E-state index contributed by atoms with van der Waals surface area (Å²) in [4.78, 5) is 18.5. The maximum atomic E-state index is 13.1. The minimum atomic E-state index is -0.748. The average Bonchev–Trinajstić information content (AvgIpc) is 3.11. The lowest BCUT2D eigenvalue weighted by atomic mass is 9.91.